The van der Waals surface area contributed by atoms with E-state index in [-0.39, 0.29) is 12.6 Å². The standard InChI is InChI=1S/C12H24O3/c1-12(2,3)8-4-5-10-15-11(14)7-6-9-13/h13H,4-10H2,1-3H3. The zero-order valence-corrected chi connectivity index (χ0v) is 10.2. The Balaban J connectivity index is 3.27. The van der Waals surface area contributed by atoms with E-state index in [4.69, 9.17) is 9.84 Å². The third kappa shape index (κ3) is 11.4. The minimum Gasteiger partial charge on any atom is -0.466 e. The van der Waals surface area contributed by atoms with Gasteiger partial charge in [0.25, 0.3) is 0 Å². The van der Waals surface area contributed by atoms with Crippen LogP contribution >= 0.6 is 0 Å². The number of hydrogen-bond acceptors (Lipinski definition) is 3. The first-order chi connectivity index (χ1) is 6.95. The molecule has 0 radical (unpaired) electrons. The first kappa shape index (κ1) is 14.4. The number of ether oxygens (including phenoxy) is 1. The molecule has 0 atom stereocenters. The van der Waals surface area contributed by atoms with Crippen LogP contribution in [0.15, 0.2) is 0 Å². The van der Waals surface area contributed by atoms with Gasteiger partial charge in [-0.1, -0.05) is 20.8 Å². The van der Waals surface area contributed by atoms with Gasteiger partial charge in [-0.15, -0.1) is 0 Å². The van der Waals surface area contributed by atoms with E-state index in [1.165, 1.54) is 0 Å². The monoisotopic (exact) mass is 216 g/mol. The van der Waals surface area contributed by atoms with Crippen LogP contribution in [0.25, 0.3) is 0 Å². The molecule has 0 amide bonds. The molecule has 0 saturated heterocycles. The van der Waals surface area contributed by atoms with Crippen molar-refractivity contribution in [3.63, 3.8) is 0 Å². The second-order valence-corrected chi connectivity index (χ2v) is 5.07. The smallest absolute Gasteiger partial charge is 0.305 e. The molecule has 3 nitrogen and oxygen atoms in total. The van der Waals surface area contributed by atoms with Gasteiger partial charge in [-0.05, 0) is 31.1 Å². The van der Waals surface area contributed by atoms with Gasteiger partial charge >= 0.3 is 5.97 Å². The minimum absolute atomic E-state index is 0.0547. The van der Waals surface area contributed by atoms with Crippen LogP contribution in [0.3, 0.4) is 0 Å². The second-order valence-electron chi connectivity index (χ2n) is 5.07. The van der Waals surface area contributed by atoms with Crippen molar-refractivity contribution in [2.24, 2.45) is 5.41 Å². The molecule has 90 valence electrons. The van der Waals surface area contributed by atoms with Crippen LogP contribution < -0.4 is 0 Å². The molecule has 0 aliphatic rings. The Morgan fingerprint density at radius 3 is 2.40 bits per heavy atom. The van der Waals surface area contributed by atoms with E-state index in [0.717, 1.165) is 19.3 Å². The van der Waals surface area contributed by atoms with Gasteiger partial charge in [0.1, 0.15) is 0 Å². The molecule has 0 aromatic heterocycles. The average molecular weight is 216 g/mol. The highest BCUT2D eigenvalue weighted by Crippen LogP contribution is 2.21. The highest BCUT2D eigenvalue weighted by Gasteiger charge is 2.09. The van der Waals surface area contributed by atoms with Crippen molar-refractivity contribution in [3.05, 3.63) is 0 Å². The number of aliphatic hydroxyl groups excluding tert-OH is 1. The van der Waals surface area contributed by atoms with Crippen molar-refractivity contribution in [2.45, 2.75) is 52.9 Å². The van der Waals surface area contributed by atoms with Crippen LogP contribution in [0.4, 0.5) is 0 Å². The van der Waals surface area contributed by atoms with Gasteiger partial charge in [0.2, 0.25) is 0 Å². The summed E-state index contributed by atoms with van der Waals surface area (Å²) in [6.45, 7) is 7.19. The lowest BCUT2D eigenvalue weighted by molar-refractivity contribution is -0.144. The quantitative estimate of drug-likeness (QED) is 0.525. The van der Waals surface area contributed by atoms with Gasteiger partial charge in [-0.3, -0.25) is 4.79 Å². The van der Waals surface area contributed by atoms with Crippen LogP contribution in [0, 0.1) is 5.41 Å². The lowest BCUT2D eigenvalue weighted by atomic mass is 9.90. The molecule has 0 unspecified atom stereocenters. The molecule has 0 bridgehead atoms. The molecular formula is C12H24O3. The Bertz CT molecular complexity index is 170. The number of unbranched alkanes of at least 4 members (excludes halogenated alkanes) is 1. The van der Waals surface area contributed by atoms with Crippen LogP contribution in [-0.4, -0.2) is 24.3 Å². The van der Waals surface area contributed by atoms with Crippen LogP contribution in [0.5, 0.6) is 0 Å². The first-order valence-electron chi connectivity index (χ1n) is 5.72. The maximum Gasteiger partial charge on any atom is 0.305 e. The summed E-state index contributed by atoms with van der Waals surface area (Å²) in [5.41, 5.74) is 0.362. The molecule has 3 heteroatoms. The molecule has 0 aromatic rings. The van der Waals surface area contributed by atoms with Crippen LogP contribution in [0.2, 0.25) is 0 Å². The summed E-state index contributed by atoms with van der Waals surface area (Å²) in [6, 6.07) is 0. The first-order valence-corrected chi connectivity index (χ1v) is 5.72. The van der Waals surface area contributed by atoms with Gasteiger partial charge in [0.05, 0.1) is 6.61 Å². The van der Waals surface area contributed by atoms with Gasteiger partial charge < -0.3 is 9.84 Å². The maximum atomic E-state index is 11.0. The van der Waals surface area contributed by atoms with Crippen LogP contribution in [0.1, 0.15) is 52.9 Å². The van der Waals surface area contributed by atoms with Crippen molar-refractivity contribution >= 4 is 5.97 Å². The Labute approximate surface area is 92.8 Å². The van der Waals surface area contributed by atoms with Crippen molar-refractivity contribution in [3.8, 4) is 0 Å². The van der Waals surface area contributed by atoms with Crippen molar-refractivity contribution < 1.29 is 14.6 Å². The van der Waals surface area contributed by atoms with Gasteiger partial charge in [0.15, 0.2) is 0 Å². The maximum absolute atomic E-state index is 11.0. The van der Waals surface area contributed by atoms with E-state index in [1.807, 2.05) is 0 Å². The lowest BCUT2D eigenvalue weighted by Crippen LogP contribution is -2.08. The highest BCUT2D eigenvalue weighted by atomic mass is 16.5. The normalized spacial score (nSPS) is 11.5. The SMILES string of the molecule is CC(C)(C)CCCCOC(=O)CCCO. The fourth-order valence-corrected chi connectivity index (χ4v) is 1.24. The number of carbonyl (C=O) groups is 1. The van der Waals surface area contributed by atoms with Crippen molar-refractivity contribution in [1.29, 1.82) is 0 Å². The van der Waals surface area contributed by atoms with Gasteiger partial charge in [-0.2, -0.15) is 0 Å². The summed E-state index contributed by atoms with van der Waals surface area (Å²) < 4.78 is 5.01. The highest BCUT2D eigenvalue weighted by molar-refractivity contribution is 5.69. The molecule has 0 spiro atoms. The summed E-state index contributed by atoms with van der Waals surface area (Å²) in [4.78, 5) is 11.0. The molecule has 0 fully saturated rings. The average Bonchev–Trinajstić information content (AvgIpc) is 2.12. The van der Waals surface area contributed by atoms with E-state index in [9.17, 15) is 4.79 Å². The molecular weight excluding hydrogens is 192 g/mol. The fraction of sp³-hybridized carbons (Fsp3) is 0.917. The minimum atomic E-state index is -0.195. The number of aliphatic hydroxyl groups is 1. The summed E-state index contributed by atoms with van der Waals surface area (Å²) in [5, 5.41) is 8.51. The molecule has 0 aliphatic heterocycles. The summed E-state index contributed by atoms with van der Waals surface area (Å²) in [7, 11) is 0. The number of rotatable bonds is 7. The molecule has 15 heavy (non-hydrogen) atoms. The van der Waals surface area contributed by atoms with Crippen LogP contribution in [-0.2, 0) is 9.53 Å². The van der Waals surface area contributed by atoms with Crippen molar-refractivity contribution in [2.75, 3.05) is 13.2 Å². The molecule has 0 rings (SSSR count). The van der Waals surface area contributed by atoms with E-state index in [1.54, 1.807) is 0 Å². The van der Waals surface area contributed by atoms with E-state index >= 15 is 0 Å². The number of hydrogen-bond donors (Lipinski definition) is 1. The van der Waals surface area contributed by atoms with E-state index in [0.29, 0.717) is 24.9 Å². The van der Waals surface area contributed by atoms with Gasteiger partial charge in [-0.25, -0.2) is 0 Å². The zero-order chi connectivity index (χ0) is 11.7. The topological polar surface area (TPSA) is 46.5 Å². The summed E-state index contributed by atoms with van der Waals surface area (Å²) in [6.07, 6.45) is 4.01. The Morgan fingerprint density at radius 2 is 1.87 bits per heavy atom. The third-order valence-corrected chi connectivity index (χ3v) is 2.12. The molecule has 0 heterocycles. The van der Waals surface area contributed by atoms with E-state index in [2.05, 4.69) is 20.8 Å². The number of esters is 1. The lowest BCUT2D eigenvalue weighted by Gasteiger charge is -2.17. The van der Waals surface area contributed by atoms with Gasteiger partial charge in [0, 0.05) is 13.0 Å². The Morgan fingerprint density at radius 1 is 1.20 bits per heavy atom. The summed E-state index contributed by atoms with van der Waals surface area (Å²) >= 11 is 0. The fourth-order valence-electron chi connectivity index (χ4n) is 1.24. The number of carbonyl (C=O) groups excluding carboxylic acids is 1. The predicted octanol–water partition coefficient (Wildman–Crippen LogP) is 2.52. The molecule has 1 N–H and O–H groups in total. The third-order valence-electron chi connectivity index (χ3n) is 2.12. The zero-order valence-electron chi connectivity index (χ0n) is 10.2. The summed E-state index contributed by atoms with van der Waals surface area (Å²) in [5.74, 6) is -0.195. The second kappa shape index (κ2) is 7.69. The largest absolute Gasteiger partial charge is 0.466 e. The van der Waals surface area contributed by atoms with E-state index < -0.39 is 0 Å². The molecule has 0 aliphatic carbocycles. The predicted molar refractivity (Wildman–Crippen MR) is 60.6 cm³/mol. The molecule has 0 saturated carbocycles. The molecule has 0 aromatic carbocycles. The Hall–Kier alpha value is -0.570. The Kier molecular flexibility index (Phi) is 7.39. The van der Waals surface area contributed by atoms with Crippen molar-refractivity contribution in [1.82, 2.24) is 0 Å².